The van der Waals surface area contributed by atoms with E-state index in [-0.39, 0.29) is 0 Å². The molecule has 3 heterocycles. The topological polar surface area (TPSA) is 68.2 Å². The summed E-state index contributed by atoms with van der Waals surface area (Å²) in [4.78, 5) is 11.2. The number of aromatic nitrogens is 3. The van der Waals surface area contributed by atoms with Gasteiger partial charge in [-0.05, 0) is 38.4 Å². The first kappa shape index (κ1) is 13.5. The molecule has 1 atom stereocenters. The molecule has 3 aromatic rings. The van der Waals surface area contributed by atoms with E-state index in [1.165, 1.54) is 0 Å². The van der Waals surface area contributed by atoms with Gasteiger partial charge in [0.2, 0.25) is 5.89 Å². The third-order valence-corrected chi connectivity index (χ3v) is 4.09. The lowest BCUT2D eigenvalue weighted by Gasteiger charge is -2.29. The van der Waals surface area contributed by atoms with Crippen LogP contribution in [0.1, 0.15) is 36.4 Å². The minimum absolute atomic E-state index is 0.324. The van der Waals surface area contributed by atoms with E-state index in [0.717, 1.165) is 42.9 Å². The number of hydrogen-bond donors (Lipinski definition) is 0. The summed E-state index contributed by atoms with van der Waals surface area (Å²) in [7, 11) is 0. The highest BCUT2D eigenvalue weighted by Crippen LogP contribution is 2.29. The molecule has 0 N–H and O–H groups in total. The van der Waals surface area contributed by atoms with Gasteiger partial charge in [0.25, 0.3) is 0 Å². The van der Waals surface area contributed by atoms with Gasteiger partial charge in [-0.1, -0.05) is 17.3 Å². The molecule has 0 amide bonds. The van der Waals surface area contributed by atoms with Crippen molar-refractivity contribution in [2.75, 3.05) is 13.1 Å². The third kappa shape index (κ3) is 2.62. The number of piperidine rings is 1. The van der Waals surface area contributed by atoms with E-state index < -0.39 is 0 Å². The average molecular weight is 298 g/mol. The third-order valence-electron chi connectivity index (χ3n) is 4.09. The van der Waals surface area contributed by atoms with Crippen molar-refractivity contribution < 1.29 is 8.94 Å². The lowest BCUT2D eigenvalue weighted by Crippen LogP contribution is -2.34. The second kappa shape index (κ2) is 5.53. The van der Waals surface area contributed by atoms with E-state index in [1.807, 2.05) is 31.2 Å². The van der Waals surface area contributed by atoms with Gasteiger partial charge in [-0.2, -0.15) is 4.98 Å². The van der Waals surface area contributed by atoms with Crippen molar-refractivity contribution in [1.82, 2.24) is 20.0 Å². The molecule has 1 fully saturated rings. The molecular weight excluding hydrogens is 280 g/mol. The molecule has 1 saturated heterocycles. The molecular formula is C16H18N4O2. The number of likely N-dealkylation sites (tertiary alicyclic amines) is 1. The van der Waals surface area contributed by atoms with Gasteiger partial charge in [0, 0.05) is 12.5 Å². The SMILES string of the molecule is Cc1noc(CN2CCCC(c3nc4ccccc4o3)C2)n1. The molecule has 1 aromatic carbocycles. The highest BCUT2D eigenvalue weighted by atomic mass is 16.5. The summed E-state index contributed by atoms with van der Waals surface area (Å²) in [6, 6.07) is 7.92. The number of aryl methyl sites for hydroxylation is 1. The summed E-state index contributed by atoms with van der Waals surface area (Å²) in [5, 5.41) is 3.84. The fourth-order valence-corrected chi connectivity index (χ4v) is 3.06. The maximum atomic E-state index is 5.92. The molecule has 6 nitrogen and oxygen atoms in total. The van der Waals surface area contributed by atoms with Gasteiger partial charge in [-0.25, -0.2) is 4.98 Å². The average Bonchev–Trinajstić information content (AvgIpc) is 3.13. The van der Waals surface area contributed by atoms with Crippen LogP contribution in [0.3, 0.4) is 0 Å². The van der Waals surface area contributed by atoms with Crippen molar-refractivity contribution in [3.05, 3.63) is 41.9 Å². The minimum Gasteiger partial charge on any atom is -0.440 e. The van der Waals surface area contributed by atoms with Crippen molar-refractivity contribution in [3.8, 4) is 0 Å². The molecule has 0 aliphatic carbocycles. The molecule has 22 heavy (non-hydrogen) atoms. The van der Waals surface area contributed by atoms with E-state index in [9.17, 15) is 0 Å². The number of para-hydroxylation sites is 2. The summed E-state index contributed by atoms with van der Waals surface area (Å²) >= 11 is 0. The zero-order valence-electron chi connectivity index (χ0n) is 12.5. The van der Waals surface area contributed by atoms with Gasteiger partial charge in [0.05, 0.1) is 6.54 Å². The Labute approximate surface area is 128 Å². The molecule has 114 valence electrons. The molecule has 0 bridgehead atoms. The van der Waals surface area contributed by atoms with Crippen LogP contribution < -0.4 is 0 Å². The summed E-state index contributed by atoms with van der Waals surface area (Å²) in [5.41, 5.74) is 1.80. The number of fused-ring (bicyclic) bond motifs is 1. The summed E-state index contributed by atoms with van der Waals surface area (Å²) < 4.78 is 11.1. The van der Waals surface area contributed by atoms with Crippen LogP contribution in [-0.2, 0) is 6.54 Å². The molecule has 6 heteroatoms. The first-order valence-corrected chi connectivity index (χ1v) is 7.65. The number of rotatable bonds is 3. The standard InChI is InChI=1S/C16H18N4O2/c1-11-17-15(22-19-11)10-20-8-4-5-12(9-20)16-18-13-6-2-3-7-14(13)21-16/h2-3,6-7,12H,4-5,8-10H2,1H3. The van der Waals surface area contributed by atoms with Crippen molar-refractivity contribution in [3.63, 3.8) is 0 Å². The van der Waals surface area contributed by atoms with E-state index >= 15 is 0 Å². The van der Waals surface area contributed by atoms with Crippen LogP contribution in [0.5, 0.6) is 0 Å². The van der Waals surface area contributed by atoms with Crippen LogP contribution >= 0.6 is 0 Å². The molecule has 1 aliphatic rings. The fraction of sp³-hybridized carbons (Fsp3) is 0.438. The van der Waals surface area contributed by atoms with Crippen molar-refractivity contribution in [2.24, 2.45) is 0 Å². The van der Waals surface area contributed by atoms with Gasteiger partial charge < -0.3 is 8.94 Å². The Morgan fingerprint density at radius 1 is 1.27 bits per heavy atom. The minimum atomic E-state index is 0.324. The molecule has 2 aromatic heterocycles. The number of oxazole rings is 1. The van der Waals surface area contributed by atoms with Gasteiger partial charge in [0.15, 0.2) is 17.3 Å². The molecule has 1 aliphatic heterocycles. The zero-order valence-corrected chi connectivity index (χ0v) is 12.5. The highest BCUT2D eigenvalue weighted by Gasteiger charge is 2.26. The lowest BCUT2D eigenvalue weighted by atomic mass is 9.98. The highest BCUT2D eigenvalue weighted by molar-refractivity contribution is 5.72. The second-order valence-electron chi connectivity index (χ2n) is 5.83. The zero-order chi connectivity index (χ0) is 14.9. The second-order valence-corrected chi connectivity index (χ2v) is 5.83. The lowest BCUT2D eigenvalue weighted by molar-refractivity contribution is 0.167. The van der Waals surface area contributed by atoms with E-state index in [1.54, 1.807) is 0 Å². The number of hydrogen-bond acceptors (Lipinski definition) is 6. The predicted molar refractivity (Wildman–Crippen MR) is 80.3 cm³/mol. The quantitative estimate of drug-likeness (QED) is 0.740. The van der Waals surface area contributed by atoms with Crippen molar-refractivity contribution >= 4 is 11.1 Å². The number of nitrogens with zero attached hydrogens (tertiary/aromatic N) is 4. The van der Waals surface area contributed by atoms with Crippen molar-refractivity contribution in [1.29, 1.82) is 0 Å². The van der Waals surface area contributed by atoms with Crippen LogP contribution in [0.4, 0.5) is 0 Å². The van der Waals surface area contributed by atoms with E-state index in [0.29, 0.717) is 24.2 Å². The molecule has 0 radical (unpaired) electrons. The van der Waals surface area contributed by atoms with Crippen LogP contribution in [0.2, 0.25) is 0 Å². The smallest absolute Gasteiger partial charge is 0.240 e. The van der Waals surface area contributed by atoms with Crippen LogP contribution in [0.15, 0.2) is 33.2 Å². The van der Waals surface area contributed by atoms with Crippen LogP contribution in [0, 0.1) is 6.92 Å². The van der Waals surface area contributed by atoms with E-state index in [2.05, 4.69) is 20.0 Å². The Morgan fingerprint density at radius 3 is 3.00 bits per heavy atom. The fourth-order valence-electron chi connectivity index (χ4n) is 3.06. The number of benzene rings is 1. The molecule has 1 unspecified atom stereocenters. The summed E-state index contributed by atoms with van der Waals surface area (Å²) in [6.45, 7) is 4.48. The van der Waals surface area contributed by atoms with Crippen LogP contribution in [-0.4, -0.2) is 33.1 Å². The van der Waals surface area contributed by atoms with Crippen LogP contribution in [0.25, 0.3) is 11.1 Å². The monoisotopic (exact) mass is 298 g/mol. The maximum Gasteiger partial charge on any atom is 0.240 e. The molecule has 0 saturated carbocycles. The summed E-state index contributed by atoms with van der Waals surface area (Å²) in [6.07, 6.45) is 2.22. The first-order chi connectivity index (χ1) is 10.8. The normalized spacial score (nSPS) is 19.8. The van der Waals surface area contributed by atoms with Gasteiger partial charge >= 0.3 is 0 Å². The molecule has 4 rings (SSSR count). The predicted octanol–water partition coefficient (Wildman–Crippen LogP) is 2.90. The molecule has 0 spiro atoms. The largest absolute Gasteiger partial charge is 0.440 e. The summed E-state index contributed by atoms with van der Waals surface area (Å²) in [5.74, 6) is 2.52. The maximum absolute atomic E-state index is 5.92. The Morgan fingerprint density at radius 2 is 2.18 bits per heavy atom. The van der Waals surface area contributed by atoms with Crippen molar-refractivity contribution in [2.45, 2.75) is 32.2 Å². The first-order valence-electron chi connectivity index (χ1n) is 7.65. The Balaban J connectivity index is 1.50. The van der Waals surface area contributed by atoms with E-state index in [4.69, 9.17) is 8.94 Å². The Bertz CT molecular complexity index is 746. The Kier molecular flexibility index (Phi) is 3.38. The van der Waals surface area contributed by atoms with Gasteiger partial charge in [-0.15, -0.1) is 0 Å². The van der Waals surface area contributed by atoms with Gasteiger partial charge in [0.1, 0.15) is 5.52 Å². The van der Waals surface area contributed by atoms with Gasteiger partial charge in [-0.3, -0.25) is 4.90 Å². The Hall–Kier alpha value is -2.21.